The number of rotatable bonds is 5. The number of benzene rings is 1. The summed E-state index contributed by atoms with van der Waals surface area (Å²) < 4.78 is 0. The fraction of sp³-hybridized carbons (Fsp3) is 0.467. The molecule has 1 aliphatic heterocycles. The van der Waals surface area contributed by atoms with Crippen molar-refractivity contribution in [3.8, 4) is 0 Å². The van der Waals surface area contributed by atoms with Gasteiger partial charge in [-0.25, -0.2) is 0 Å². The quantitative estimate of drug-likeness (QED) is 0.840. The molecule has 102 valence electrons. The number of thiocarbonyl (C=S) groups is 1. The highest BCUT2D eigenvalue weighted by molar-refractivity contribution is 7.80. The second-order valence-corrected chi connectivity index (χ2v) is 5.63. The van der Waals surface area contributed by atoms with E-state index in [4.69, 9.17) is 18.0 Å². The number of nitrogens with two attached hydrogens (primary N) is 1. The lowest BCUT2D eigenvalue weighted by Gasteiger charge is -2.16. The predicted octanol–water partition coefficient (Wildman–Crippen LogP) is 2.47. The van der Waals surface area contributed by atoms with E-state index in [0.717, 1.165) is 30.5 Å². The highest BCUT2D eigenvalue weighted by Gasteiger charge is 2.28. The third-order valence-corrected chi connectivity index (χ3v) is 3.84. The lowest BCUT2D eigenvalue weighted by atomic mass is 10.0. The molecule has 1 aliphatic rings. The molecule has 0 spiro atoms. The first-order valence-electron chi connectivity index (χ1n) is 6.76. The first-order chi connectivity index (χ1) is 9.10. The molecule has 0 saturated carbocycles. The summed E-state index contributed by atoms with van der Waals surface area (Å²) in [5.41, 5.74) is 7.57. The van der Waals surface area contributed by atoms with Gasteiger partial charge in [0.25, 0.3) is 0 Å². The molecular weight excluding hydrogens is 256 g/mol. The van der Waals surface area contributed by atoms with E-state index in [0.29, 0.717) is 23.9 Å². The van der Waals surface area contributed by atoms with Crippen molar-refractivity contribution in [3.05, 3.63) is 35.4 Å². The first-order valence-corrected chi connectivity index (χ1v) is 7.17. The Bertz CT molecular complexity index is 470. The minimum absolute atomic E-state index is 0.275. The van der Waals surface area contributed by atoms with Crippen molar-refractivity contribution >= 4 is 23.1 Å². The maximum atomic E-state index is 11.9. The smallest absolute Gasteiger partial charge is 0.223 e. The van der Waals surface area contributed by atoms with E-state index < -0.39 is 0 Å². The van der Waals surface area contributed by atoms with Crippen molar-refractivity contribution in [1.82, 2.24) is 4.90 Å². The molecule has 1 atom stereocenters. The molecule has 0 bridgehead atoms. The van der Waals surface area contributed by atoms with Crippen LogP contribution < -0.4 is 5.73 Å². The minimum Gasteiger partial charge on any atom is -0.389 e. The summed E-state index contributed by atoms with van der Waals surface area (Å²) in [6.45, 7) is 3.75. The normalized spacial score (nSPS) is 18.9. The summed E-state index contributed by atoms with van der Waals surface area (Å²) in [6, 6.07) is 7.83. The van der Waals surface area contributed by atoms with Crippen LogP contribution in [0.1, 0.15) is 37.3 Å². The van der Waals surface area contributed by atoms with E-state index in [1.807, 2.05) is 29.2 Å². The van der Waals surface area contributed by atoms with E-state index in [2.05, 4.69) is 6.92 Å². The number of likely N-dealkylation sites (tertiary alicyclic amines) is 1. The molecule has 1 saturated heterocycles. The van der Waals surface area contributed by atoms with Gasteiger partial charge in [0.1, 0.15) is 4.99 Å². The monoisotopic (exact) mass is 276 g/mol. The Kier molecular flexibility index (Phi) is 4.53. The van der Waals surface area contributed by atoms with Crippen molar-refractivity contribution < 1.29 is 4.79 Å². The molecule has 1 heterocycles. The van der Waals surface area contributed by atoms with Gasteiger partial charge in [0, 0.05) is 25.1 Å². The molecule has 0 radical (unpaired) electrons. The fourth-order valence-corrected chi connectivity index (χ4v) is 2.74. The molecule has 1 aromatic rings. The van der Waals surface area contributed by atoms with Crippen LogP contribution in [0.2, 0.25) is 0 Å². The van der Waals surface area contributed by atoms with E-state index in [9.17, 15) is 4.79 Å². The summed E-state index contributed by atoms with van der Waals surface area (Å²) in [5.74, 6) is 0.810. The van der Waals surface area contributed by atoms with Crippen LogP contribution in [0.15, 0.2) is 24.3 Å². The SMILES string of the molecule is CCCC1CC(=O)N(Cc2ccc(C(N)=S)cc2)C1. The van der Waals surface area contributed by atoms with Crippen LogP contribution in [0.3, 0.4) is 0 Å². The zero-order valence-electron chi connectivity index (χ0n) is 11.3. The maximum Gasteiger partial charge on any atom is 0.223 e. The van der Waals surface area contributed by atoms with Crippen molar-refractivity contribution in [1.29, 1.82) is 0 Å². The average molecular weight is 276 g/mol. The highest BCUT2D eigenvalue weighted by atomic mass is 32.1. The molecule has 0 aromatic heterocycles. The Hall–Kier alpha value is -1.42. The van der Waals surface area contributed by atoms with Gasteiger partial charge in [-0.2, -0.15) is 0 Å². The summed E-state index contributed by atoms with van der Waals surface area (Å²) in [5, 5.41) is 0. The lowest BCUT2D eigenvalue weighted by molar-refractivity contribution is -0.128. The second-order valence-electron chi connectivity index (χ2n) is 5.19. The largest absolute Gasteiger partial charge is 0.389 e. The molecule has 4 heteroatoms. The zero-order valence-corrected chi connectivity index (χ0v) is 12.1. The van der Waals surface area contributed by atoms with Crippen LogP contribution in [0, 0.1) is 5.92 Å². The van der Waals surface area contributed by atoms with Crippen LogP contribution in [-0.2, 0) is 11.3 Å². The number of carbonyl (C=O) groups is 1. The van der Waals surface area contributed by atoms with Gasteiger partial charge in [0.05, 0.1) is 0 Å². The standard InChI is InChI=1S/C15H20N2OS/c1-2-3-12-8-14(18)17(10-12)9-11-4-6-13(7-5-11)15(16)19/h4-7,12H,2-3,8-10H2,1H3,(H2,16,19). The summed E-state index contributed by atoms with van der Waals surface area (Å²) in [7, 11) is 0. The third-order valence-electron chi connectivity index (χ3n) is 3.60. The van der Waals surface area contributed by atoms with Gasteiger partial charge >= 0.3 is 0 Å². The first kappa shape index (κ1) is 14.0. The summed E-state index contributed by atoms with van der Waals surface area (Å²) in [6.07, 6.45) is 3.00. The average Bonchev–Trinajstić information content (AvgIpc) is 2.71. The van der Waals surface area contributed by atoms with Gasteiger partial charge in [-0.3, -0.25) is 4.79 Å². The predicted molar refractivity (Wildman–Crippen MR) is 80.8 cm³/mol. The lowest BCUT2D eigenvalue weighted by Crippen LogP contribution is -2.24. The van der Waals surface area contributed by atoms with Crippen LogP contribution >= 0.6 is 12.2 Å². The van der Waals surface area contributed by atoms with Crippen LogP contribution in [0.4, 0.5) is 0 Å². The number of amides is 1. The number of hydrogen-bond acceptors (Lipinski definition) is 2. The Morgan fingerprint density at radius 3 is 2.68 bits per heavy atom. The maximum absolute atomic E-state index is 11.9. The van der Waals surface area contributed by atoms with E-state index in [-0.39, 0.29) is 5.91 Å². The van der Waals surface area contributed by atoms with E-state index >= 15 is 0 Å². The van der Waals surface area contributed by atoms with E-state index in [1.165, 1.54) is 0 Å². The van der Waals surface area contributed by atoms with Gasteiger partial charge < -0.3 is 10.6 Å². The summed E-state index contributed by atoms with van der Waals surface area (Å²) >= 11 is 4.93. The highest BCUT2D eigenvalue weighted by Crippen LogP contribution is 2.23. The Balaban J connectivity index is 1.97. The van der Waals surface area contributed by atoms with Gasteiger partial charge in [0.15, 0.2) is 0 Å². The van der Waals surface area contributed by atoms with Gasteiger partial charge in [0.2, 0.25) is 5.91 Å². The Morgan fingerprint density at radius 1 is 1.42 bits per heavy atom. The Morgan fingerprint density at radius 2 is 2.11 bits per heavy atom. The number of nitrogens with zero attached hydrogens (tertiary/aromatic N) is 1. The topological polar surface area (TPSA) is 46.3 Å². The zero-order chi connectivity index (χ0) is 13.8. The fourth-order valence-electron chi connectivity index (χ4n) is 2.60. The number of carbonyl (C=O) groups excluding carboxylic acids is 1. The molecule has 1 fully saturated rings. The number of hydrogen-bond donors (Lipinski definition) is 1. The van der Waals surface area contributed by atoms with Crippen LogP contribution in [0.5, 0.6) is 0 Å². The molecule has 3 nitrogen and oxygen atoms in total. The van der Waals surface area contributed by atoms with Crippen molar-refractivity contribution in [2.45, 2.75) is 32.7 Å². The Labute approximate surface area is 119 Å². The van der Waals surface area contributed by atoms with Crippen LogP contribution in [0.25, 0.3) is 0 Å². The molecule has 2 rings (SSSR count). The molecular formula is C15H20N2OS. The molecule has 1 aromatic carbocycles. The molecule has 1 unspecified atom stereocenters. The van der Waals surface area contributed by atoms with Crippen molar-refractivity contribution in [2.24, 2.45) is 11.7 Å². The van der Waals surface area contributed by atoms with Crippen molar-refractivity contribution in [3.63, 3.8) is 0 Å². The molecule has 19 heavy (non-hydrogen) atoms. The van der Waals surface area contributed by atoms with Crippen LogP contribution in [-0.4, -0.2) is 22.3 Å². The van der Waals surface area contributed by atoms with Gasteiger partial charge in [-0.05, 0) is 17.9 Å². The molecule has 1 amide bonds. The van der Waals surface area contributed by atoms with E-state index in [1.54, 1.807) is 0 Å². The van der Waals surface area contributed by atoms with Gasteiger partial charge in [-0.1, -0.05) is 49.8 Å². The van der Waals surface area contributed by atoms with Gasteiger partial charge in [-0.15, -0.1) is 0 Å². The van der Waals surface area contributed by atoms with Crippen molar-refractivity contribution in [2.75, 3.05) is 6.54 Å². The molecule has 0 aliphatic carbocycles. The molecule has 2 N–H and O–H groups in total. The summed E-state index contributed by atoms with van der Waals surface area (Å²) in [4.78, 5) is 14.3. The minimum atomic E-state index is 0.275. The third kappa shape index (κ3) is 3.53. The second kappa shape index (κ2) is 6.15.